The quantitative estimate of drug-likeness (QED) is 0.801. The lowest BCUT2D eigenvalue weighted by Gasteiger charge is -2.20. The zero-order chi connectivity index (χ0) is 15.1. The molecule has 1 aromatic heterocycles. The molecule has 0 aliphatic heterocycles. The minimum atomic E-state index is 0.410. The Labute approximate surface area is 127 Å². The first-order chi connectivity index (χ1) is 10.2. The van der Waals surface area contributed by atoms with Crippen molar-refractivity contribution in [2.45, 2.75) is 45.2 Å². The zero-order valence-corrected chi connectivity index (χ0v) is 13.1. The molecule has 0 fully saturated rings. The van der Waals surface area contributed by atoms with Crippen molar-refractivity contribution in [1.82, 2.24) is 5.32 Å². The summed E-state index contributed by atoms with van der Waals surface area (Å²) >= 11 is 0. The Bertz CT molecular complexity index is 522. The summed E-state index contributed by atoms with van der Waals surface area (Å²) in [4.78, 5) is 0. The van der Waals surface area contributed by atoms with Crippen LogP contribution in [-0.2, 0) is 12.8 Å². The summed E-state index contributed by atoms with van der Waals surface area (Å²) in [5.41, 5.74) is 1.25. The molecule has 2 aromatic rings. The highest BCUT2D eigenvalue weighted by molar-refractivity contribution is 5.33. The second kappa shape index (κ2) is 7.89. The largest absolute Gasteiger partial charge is 0.496 e. The van der Waals surface area contributed by atoms with Crippen molar-refractivity contribution in [1.29, 1.82) is 0 Å². The van der Waals surface area contributed by atoms with Crippen LogP contribution in [0.15, 0.2) is 47.1 Å². The molecular weight excluding hydrogens is 262 g/mol. The molecule has 0 saturated carbocycles. The van der Waals surface area contributed by atoms with E-state index in [4.69, 9.17) is 9.15 Å². The topological polar surface area (TPSA) is 34.4 Å². The summed E-state index contributed by atoms with van der Waals surface area (Å²) in [6, 6.07) is 13.1. The van der Waals surface area contributed by atoms with Gasteiger partial charge in [0.25, 0.3) is 0 Å². The van der Waals surface area contributed by atoms with Gasteiger partial charge in [-0.05, 0) is 50.5 Å². The average Bonchev–Trinajstić information content (AvgIpc) is 2.99. The van der Waals surface area contributed by atoms with Crippen LogP contribution in [0.1, 0.15) is 31.6 Å². The number of methoxy groups -OCH3 is 1. The van der Waals surface area contributed by atoms with Crippen LogP contribution >= 0.6 is 0 Å². The van der Waals surface area contributed by atoms with Crippen LogP contribution in [0.3, 0.4) is 0 Å². The molecule has 2 rings (SSSR count). The van der Waals surface area contributed by atoms with Crippen LogP contribution in [-0.4, -0.2) is 19.2 Å². The highest BCUT2D eigenvalue weighted by Crippen LogP contribution is 2.19. The Morgan fingerprint density at radius 2 is 1.90 bits per heavy atom. The van der Waals surface area contributed by atoms with E-state index in [2.05, 4.69) is 31.3 Å². The lowest BCUT2D eigenvalue weighted by molar-refractivity contribution is 0.397. The van der Waals surface area contributed by atoms with Crippen LogP contribution in [0.5, 0.6) is 5.75 Å². The minimum absolute atomic E-state index is 0.410. The number of nitrogens with one attached hydrogen (secondary N) is 1. The van der Waals surface area contributed by atoms with Crippen molar-refractivity contribution < 1.29 is 9.15 Å². The molecule has 2 unspecified atom stereocenters. The van der Waals surface area contributed by atoms with Gasteiger partial charge in [0.1, 0.15) is 11.5 Å². The fraction of sp³-hybridized carbons (Fsp3) is 0.444. The van der Waals surface area contributed by atoms with Gasteiger partial charge in [-0.15, -0.1) is 0 Å². The number of para-hydroxylation sites is 1. The molecular formula is C18H25NO2. The van der Waals surface area contributed by atoms with Gasteiger partial charge in [0.15, 0.2) is 0 Å². The van der Waals surface area contributed by atoms with Crippen molar-refractivity contribution in [2.75, 3.05) is 7.11 Å². The predicted octanol–water partition coefficient (Wildman–Crippen LogP) is 3.83. The molecule has 0 amide bonds. The summed E-state index contributed by atoms with van der Waals surface area (Å²) in [5.74, 6) is 2.02. The molecule has 3 nitrogen and oxygen atoms in total. The van der Waals surface area contributed by atoms with E-state index >= 15 is 0 Å². The van der Waals surface area contributed by atoms with Crippen LogP contribution in [0.2, 0.25) is 0 Å². The van der Waals surface area contributed by atoms with Gasteiger partial charge < -0.3 is 14.5 Å². The van der Waals surface area contributed by atoms with E-state index in [1.165, 1.54) is 5.56 Å². The number of furan rings is 1. The zero-order valence-electron chi connectivity index (χ0n) is 13.1. The van der Waals surface area contributed by atoms with Gasteiger partial charge in [-0.1, -0.05) is 18.2 Å². The third-order valence-corrected chi connectivity index (χ3v) is 3.69. The number of hydrogen-bond acceptors (Lipinski definition) is 3. The van der Waals surface area contributed by atoms with Crippen molar-refractivity contribution in [2.24, 2.45) is 0 Å². The molecule has 0 aliphatic rings. The number of benzene rings is 1. The van der Waals surface area contributed by atoms with Gasteiger partial charge in [-0.25, -0.2) is 0 Å². The molecule has 0 radical (unpaired) electrons. The smallest absolute Gasteiger partial charge is 0.122 e. The molecule has 21 heavy (non-hydrogen) atoms. The lowest BCUT2D eigenvalue weighted by atomic mass is 10.0. The van der Waals surface area contributed by atoms with E-state index in [0.717, 1.165) is 30.8 Å². The van der Waals surface area contributed by atoms with E-state index in [-0.39, 0.29) is 0 Å². The third-order valence-electron chi connectivity index (χ3n) is 3.69. The number of rotatable bonds is 8. The molecule has 2 atom stereocenters. The molecule has 1 aromatic carbocycles. The van der Waals surface area contributed by atoms with E-state index < -0.39 is 0 Å². The van der Waals surface area contributed by atoms with Crippen molar-refractivity contribution in [3.63, 3.8) is 0 Å². The monoisotopic (exact) mass is 287 g/mol. The number of ether oxygens (including phenoxy) is 1. The van der Waals surface area contributed by atoms with Crippen molar-refractivity contribution in [3.8, 4) is 5.75 Å². The summed E-state index contributed by atoms with van der Waals surface area (Å²) in [6.45, 7) is 4.44. The Hall–Kier alpha value is -1.74. The van der Waals surface area contributed by atoms with E-state index in [9.17, 15) is 0 Å². The normalized spacial score (nSPS) is 13.9. The fourth-order valence-electron chi connectivity index (χ4n) is 2.64. The number of hydrogen-bond donors (Lipinski definition) is 1. The second-order valence-corrected chi connectivity index (χ2v) is 5.60. The predicted molar refractivity (Wildman–Crippen MR) is 85.8 cm³/mol. The van der Waals surface area contributed by atoms with Gasteiger partial charge in [-0.3, -0.25) is 0 Å². The lowest BCUT2D eigenvalue weighted by Crippen LogP contribution is -2.36. The average molecular weight is 287 g/mol. The molecule has 0 aliphatic carbocycles. The molecule has 1 heterocycles. The van der Waals surface area contributed by atoms with Crippen molar-refractivity contribution in [3.05, 3.63) is 54.0 Å². The van der Waals surface area contributed by atoms with E-state index in [1.807, 2.05) is 24.3 Å². The first-order valence-electron chi connectivity index (χ1n) is 7.59. The Morgan fingerprint density at radius 1 is 1.10 bits per heavy atom. The molecule has 0 saturated heterocycles. The maximum atomic E-state index is 5.41. The summed E-state index contributed by atoms with van der Waals surface area (Å²) in [6.07, 6.45) is 4.75. The molecule has 0 bridgehead atoms. The van der Waals surface area contributed by atoms with Gasteiger partial charge >= 0.3 is 0 Å². The second-order valence-electron chi connectivity index (χ2n) is 5.60. The van der Waals surface area contributed by atoms with Gasteiger partial charge in [0, 0.05) is 18.5 Å². The standard InChI is InChI=1S/C18H25NO2/c1-14(10-11-17-8-6-12-21-17)19-15(2)13-16-7-4-5-9-18(16)20-3/h4-9,12,14-15,19H,10-11,13H2,1-3H3. The van der Waals surface area contributed by atoms with Crippen LogP contribution in [0.25, 0.3) is 0 Å². The van der Waals surface area contributed by atoms with Gasteiger partial charge in [-0.2, -0.15) is 0 Å². The highest BCUT2D eigenvalue weighted by Gasteiger charge is 2.11. The summed E-state index contributed by atoms with van der Waals surface area (Å²) in [7, 11) is 1.73. The molecule has 114 valence electrons. The van der Waals surface area contributed by atoms with Crippen LogP contribution in [0.4, 0.5) is 0 Å². The van der Waals surface area contributed by atoms with Gasteiger partial charge in [0.2, 0.25) is 0 Å². The summed E-state index contributed by atoms with van der Waals surface area (Å²) in [5, 5.41) is 3.64. The molecule has 3 heteroatoms. The number of aryl methyl sites for hydroxylation is 1. The Kier molecular flexibility index (Phi) is 5.88. The minimum Gasteiger partial charge on any atom is -0.496 e. The van der Waals surface area contributed by atoms with Gasteiger partial charge in [0.05, 0.1) is 13.4 Å². The first kappa shape index (κ1) is 15.6. The van der Waals surface area contributed by atoms with Crippen LogP contribution in [0, 0.1) is 0 Å². The Morgan fingerprint density at radius 3 is 2.62 bits per heavy atom. The maximum absolute atomic E-state index is 5.41. The third kappa shape index (κ3) is 4.94. The first-order valence-corrected chi connectivity index (χ1v) is 7.59. The van der Waals surface area contributed by atoms with E-state index in [0.29, 0.717) is 12.1 Å². The Balaban J connectivity index is 1.79. The SMILES string of the molecule is COc1ccccc1CC(C)NC(C)CCc1ccco1. The fourth-order valence-corrected chi connectivity index (χ4v) is 2.64. The van der Waals surface area contributed by atoms with E-state index in [1.54, 1.807) is 13.4 Å². The summed E-state index contributed by atoms with van der Waals surface area (Å²) < 4.78 is 10.8. The maximum Gasteiger partial charge on any atom is 0.122 e. The van der Waals surface area contributed by atoms with Crippen molar-refractivity contribution >= 4 is 0 Å². The molecule has 0 spiro atoms. The molecule has 1 N–H and O–H groups in total. The highest BCUT2D eigenvalue weighted by atomic mass is 16.5. The van der Waals surface area contributed by atoms with Crippen LogP contribution < -0.4 is 10.1 Å².